The third-order valence-corrected chi connectivity index (χ3v) is 4.86. The van der Waals surface area contributed by atoms with E-state index < -0.39 is 11.7 Å². The van der Waals surface area contributed by atoms with Crippen molar-refractivity contribution >= 4 is 5.91 Å². The lowest BCUT2D eigenvalue weighted by Gasteiger charge is -2.36. The van der Waals surface area contributed by atoms with Gasteiger partial charge in [-0.05, 0) is 31.2 Å². The number of nitrogens with zero attached hydrogens (tertiary/aromatic N) is 3. The number of hydrogen-bond donors (Lipinski definition) is 0. The molecule has 9 heteroatoms. The van der Waals surface area contributed by atoms with Crippen LogP contribution in [0.2, 0.25) is 0 Å². The molecule has 1 fully saturated rings. The minimum atomic E-state index is -4.45. The molecule has 156 valence electrons. The average Bonchev–Trinajstić information content (AvgIpc) is 3.15. The van der Waals surface area contributed by atoms with E-state index in [1.165, 1.54) is 12.1 Å². The Labute approximate surface area is 170 Å². The second-order valence-electron chi connectivity index (χ2n) is 7.13. The minimum Gasteiger partial charge on any atom is -0.484 e. The topological polar surface area (TPSA) is 68.5 Å². The molecule has 0 saturated carbocycles. The molecule has 1 saturated heterocycles. The van der Waals surface area contributed by atoms with Gasteiger partial charge < -0.3 is 14.2 Å². The second kappa shape index (κ2) is 7.81. The highest BCUT2D eigenvalue weighted by molar-refractivity contribution is 5.78. The molecule has 0 unspecified atom stereocenters. The van der Waals surface area contributed by atoms with Gasteiger partial charge in [0.2, 0.25) is 11.7 Å². The van der Waals surface area contributed by atoms with Crippen molar-refractivity contribution in [3.05, 3.63) is 65.5 Å². The number of likely N-dealkylation sites (tertiary alicyclic amines) is 1. The fourth-order valence-corrected chi connectivity index (χ4v) is 3.06. The lowest BCUT2D eigenvalue weighted by Crippen LogP contribution is -2.50. The molecule has 30 heavy (non-hydrogen) atoms. The van der Waals surface area contributed by atoms with Gasteiger partial charge in [0.05, 0.1) is 11.5 Å². The average molecular weight is 417 g/mol. The lowest BCUT2D eigenvalue weighted by atomic mass is 10.00. The van der Waals surface area contributed by atoms with Crippen LogP contribution in [-0.4, -0.2) is 40.6 Å². The summed E-state index contributed by atoms with van der Waals surface area (Å²) in [5.74, 6) is 0.688. The second-order valence-corrected chi connectivity index (χ2v) is 7.13. The molecule has 0 N–H and O–H groups in total. The number of amides is 1. The van der Waals surface area contributed by atoms with Gasteiger partial charge in [-0.15, -0.1) is 0 Å². The SMILES string of the molecule is Cc1ccc(OCC(=O)N2CC(c3nc(-c4cccc(C(F)(F)F)c4)no3)C2)cc1. The molecular weight excluding hydrogens is 399 g/mol. The van der Waals surface area contributed by atoms with Crippen molar-refractivity contribution in [1.82, 2.24) is 15.0 Å². The molecule has 1 aromatic heterocycles. The summed E-state index contributed by atoms with van der Waals surface area (Å²) < 4.78 is 49.3. The first-order chi connectivity index (χ1) is 14.3. The highest BCUT2D eigenvalue weighted by Gasteiger charge is 2.36. The molecule has 0 bridgehead atoms. The number of aromatic nitrogens is 2. The Morgan fingerprint density at radius 1 is 1.20 bits per heavy atom. The lowest BCUT2D eigenvalue weighted by molar-refractivity contribution is -0.138. The van der Waals surface area contributed by atoms with Crippen LogP contribution in [0, 0.1) is 6.92 Å². The van der Waals surface area contributed by atoms with Gasteiger partial charge in [0.15, 0.2) is 6.61 Å². The van der Waals surface area contributed by atoms with Gasteiger partial charge in [0, 0.05) is 18.7 Å². The number of alkyl halides is 3. The van der Waals surface area contributed by atoms with Gasteiger partial charge in [0.1, 0.15) is 5.75 Å². The first-order valence-corrected chi connectivity index (χ1v) is 9.28. The Bertz CT molecular complexity index is 1040. The summed E-state index contributed by atoms with van der Waals surface area (Å²) in [5, 5.41) is 3.78. The number of carbonyl (C=O) groups is 1. The maximum absolute atomic E-state index is 12.9. The van der Waals surface area contributed by atoms with Crippen LogP contribution in [0.4, 0.5) is 13.2 Å². The van der Waals surface area contributed by atoms with Crippen molar-refractivity contribution in [3.63, 3.8) is 0 Å². The number of benzene rings is 2. The summed E-state index contributed by atoms with van der Waals surface area (Å²) in [4.78, 5) is 18.0. The van der Waals surface area contributed by atoms with Gasteiger partial charge in [-0.1, -0.05) is 35.0 Å². The molecule has 0 radical (unpaired) electrons. The van der Waals surface area contributed by atoms with Gasteiger partial charge in [-0.3, -0.25) is 4.79 Å². The smallest absolute Gasteiger partial charge is 0.416 e. The molecule has 1 aliphatic rings. The predicted molar refractivity (Wildman–Crippen MR) is 101 cm³/mol. The van der Waals surface area contributed by atoms with Crippen molar-refractivity contribution in [3.8, 4) is 17.1 Å². The predicted octanol–water partition coefficient (Wildman–Crippen LogP) is 4.07. The Morgan fingerprint density at radius 3 is 2.63 bits per heavy atom. The highest BCUT2D eigenvalue weighted by atomic mass is 19.4. The third-order valence-electron chi connectivity index (χ3n) is 4.86. The van der Waals surface area contributed by atoms with Crippen molar-refractivity contribution in [2.45, 2.75) is 19.0 Å². The van der Waals surface area contributed by atoms with Crippen molar-refractivity contribution in [2.75, 3.05) is 19.7 Å². The number of ether oxygens (including phenoxy) is 1. The van der Waals surface area contributed by atoms with E-state index in [4.69, 9.17) is 9.26 Å². The van der Waals surface area contributed by atoms with Crippen LogP contribution in [0.5, 0.6) is 5.75 Å². The number of hydrogen-bond acceptors (Lipinski definition) is 5. The summed E-state index contributed by atoms with van der Waals surface area (Å²) >= 11 is 0. The first kappa shape index (κ1) is 19.9. The van der Waals surface area contributed by atoms with E-state index in [0.717, 1.165) is 17.7 Å². The Morgan fingerprint density at radius 2 is 1.93 bits per heavy atom. The van der Waals surface area contributed by atoms with E-state index in [1.807, 2.05) is 19.1 Å². The standard InChI is InChI=1S/C21H18F3N3O3/c1-13-5-7-17(8-6-13)29-12-18(28)27-10-15(11-27)20-25-19(26-30-20)14-3-2-4-16(9-14)21(22,23)24/h2-9,15H,10-12H2,1H3. The summed E-state index contributed by atoms with van der Waals surface area (Å²) in [6.07, 6.45) is -4.45. The van der Waals surface area contributed by atoms with Crippen molar-refractivity contribution < 1.29 is 27.2 Å². The normalized spacial score (nSPS) is 14.5. The Kier molecular flexibility index (Phi) is 5.19. The van der Waals surface area contributed by atoms with Crippen LogP contribution in [0.1, 0.15) is 22.9 Å². The summed E-state index contributed by atoms with van der Waals surface area (Å²) in [7, 11) is 0. The van der Waals surface area contributed by atoms with Gasteiger partial charge in [-0.25, -0.2) is 0 Å². The van der Waals surface area contributed by atoms with Crippen molar-refractivity contribution in [1.29, 1.82) is 0 Å². The van der Waals surface area contributed by atoms with E-state index >= 15 is 0 Å². The number of rotatable bonds is 5. The summed E-state index contributed by atoms with van der Waals surface area (Å²) in [6, 6.07) is 12.2. The zero-order chi connectivity index (χ0) is 21.3. The molecule has 1 amide bonds. The van der Waals surface area contributed by atoms with Gasteiger partial charge in [-0.2, -0.15) is 18.2 Å². The Balaban J connectivity index is 1.33. The van der Waals surface area contributed by atoms with Crippen molar-refractivity contribution in [2.24, 2.45) is 0 Å². The number of carbonyl (C=O) groups excluding carboxylic acids is 1. The molecule has 3 aromatic rings. The highest BCUT2D eigenvalue weighted by Crippen LogP contribution is 2.32. The van der Waals surface area contributed by atoms with E-state index in [2.05, 4.69) is 10.1 Å². The monoisotopic (exact) mass is 417 g/mol. The van der Waals surface area contributed by atoms with Crippen LogP contribution in [0.3, 0.4) is 0 Å². The fourth-order valence-electron chi connectivity index (χ4n) is 3.06. The zero-order valence-corrected chi connectivity index (χ0v) is 16.0. The maximum atomic E-state index is 12.9. The quantitative estimate of drug-likeness (QED) is 0.626. The number of aryl methyl sites for hydroxylation is 1. The van der Waals surface area contributed by atoms with Crippen LogP contribution < -0.4 is 4.74 Å². The zero-order valence-electron chi connectivity index (χ0n) is 16.0. The van der Waals surface area contributed by atoms with Crippen LogP contribution in [0.15, 0.2) is 53.1 Å². The molecule has 2 aromatic carbocycles. The molecular formula is C21H18F3N3O3. The molecule has 6 nitrogen and oxygen atoms in total. The van der Waals surface area contributed by atoms with Gasteiger partial charge >= 0.3 is 6.18 Å². The van der Waals surface area contributed by atoms with Crippen LogP contribution >= 0.6 is 0 Å². The molecule has 0 atom stereocenters. The molecule has 0 spiro atoms. The Hall–Kier alpha value is -3.36. The summed E-state index contributed by atoms with van der Waals surface area (Å²) in [5.41, 5.74) is 0.544. The maximum Gasteiger partial charge on any atom is 0.416 e. The molecule has 2 heterocycles. The van der Waals surface area contributed by atoms with E-state index in [1.54, 1.807) is 17.0 Å². The summed E-state index contributed by atoms with van der Waals surface area (Å²) in [6.45, 7) is 2.67. The largest absolute Gasteiger partial charge is 0.484 e. The first-order valence-electron chi connectivity index (χ1n) is 9.28. The molecule has 0 aliphatic carbocycles. The number of halogens is 3. The van der Waals surface area contributed by atoms with Gasteiger partial charge in [0.25, 0.3) is 5.91 Å². The van der Waals surface area contributed by atoms with Crippen LogP contribution in [0.25, 0.3) is 11.4 Å². The van der Waals surface area contributed by atoms with Crippen LogP contribution in [-0.2, 0) is 11.0 Å². The van der Waals surface area contributed by atoms with E-state index in [-0.39, 0.29) is 29.8 Å². The fraction of sp³-hybridized carbons (Fsp3) is 0.286. The molecule has 1 aliphatic heterocycles. The van der Waals surface area contributed by atoms with E-state index in [0.29, 0.717) is 24.7 Å². The third kappa shape index (κ3) is 4.29. The minimum absolute atomic E-state index is 0.0743. The molecule has 4 rings (SSSR count). The van der Waals surface area contributed by atoms with E-state index in [9.17, 15) is 18.0 Å².